The number of hydrogen-bond donors (Lipinski definition) is 2. The van der Waals surface area contributed by atoms with Crippen molar-refractivity contribution in [1.82, 2.24) is 19.9 Å². The number of alkyl halides is 3. The Morgan fingerprint density at radius 1 is 1.09 bits per heavy atom. The summed E-state index contributed by atoms with van der Waals surface area (Å²) in [7, 11) is 0. The minimum absolute atomic E-state index is 0.155. The summed E-state index contributed by atoms with van der Waals surface area (Å²) in [5.41, 5.74) is 1.90. The predicted molar refractivity (Wildman–Crippen MR) is 115 cm³/mol. The van der Waals surface area contributed by atoms with Crippen LogP contribution in [0.15, 0.2) is 42.9 Å². The van der Waals surface area contributed by atoms with Gasteiger partial charge in [0.15, 0.2) is 0 Å². The van der Waals surface area contributed by atoms with E-state index in [9.17, 15) is 18.0 Å². The topological polar surface area (TPSA) is 104 Å². The van der Waals surface area contributed by atoms with Crippen molar-refractivity contribution in [3.8, 4) is 11.1 Å². The van der Waals surface area contributed by atoms with E-state index < -0.39 is 17.8 Å². The van der Waals surface area contributed by atoms with Crippen molar-refractivity contribution in [2.75, 3.05) is 23.3 Å². The first-order chi connectivity index (χ1) is 15.7. The molecule has 0 atom stereocenters. The first kappa shape index (κ1) is 22.4. The Hall–Kier alpha value is -3.76. The van der Waals surface area contributed by atoms with Gasteiger partial charge < -0.3 is 15.3 Å². The molecule has 1 saturated heterocycles. The Morgan fingerprint density at radius 3 is 2.42 bits per heavy atom. The Morgan fingerprint density at radius 2 is 1.79 bits per heavy atom. The first-order valence-electron chi connectivity index (χ1n) is 10.3. The average molecular weight is 458 g/mol. The minimum Gasteiger partial charge on any atom is -0.481 e. The molecule has 1 aliphatic rings. The number of rotatable bonds is 5. The molecule has 0 spiro atoms. The maximum atomic E-state index is 12.9. The van der Waals surface area contributed by atoms with Crippen LogP contribution in [0.5, 0.6) is 0 Å². The number of anilines is 3. The fourth-order valence-electron chi connectivity index (χ4n) is 3.69. The number of benzene rings is 1. The van der Waals surface area contributed by atoms with E-state index in [0.717, 1.165) is 29.0 Å². The van der Waals surface area contributed by atoms with Crippen LogP contribution in [0, 0.1) is 12.8 Å². The average Bonchev–Trinajstić information content (AvgIpc) is 2.78. The molecule has 33 heavy (non-hydrogen) atoms. The number of aromatic nitrogens is 4. The van der Waals surface area contributed by atoms with Gasteiger partial charge in [0.05, 0.1) is 5.92 Å². The second kappa shape index (κ2) is 9.00. The van der Waals surface area contributed by atoms with Gasteiger partial charge in [-0.05, 0) is 49.1 Å². The van der Waals surface area contributed by atoms with Gasteiger partial charge in [-0.1, -0.05) is 6.07 Å². The van der Waals surface area contributed by atoms with Crippen LogP contribution in [0.1, 0.15) is 24.1 Å². The first-order valence-corrected chi connectivity index (χ1v) is 10.3. The van der Waals surface area contributed by atoms with E-state index in [0.29, 0.717) is 37.6 Å². The lowest BCUT2D eigenvalue weighted by Crippen LogP contribution is -2.37. The Kier molecular flexibility index (Phi) is 6.12. The van der Waals surface area contributed by atoms with Gasteiger partial charge in [0.2, 0.25) is 11.9 Å². The lowest BCUT2D eigenvalue weighted by molar-refractivity contribution is -0.142. The van der Waals surface area contributed by atoms with E-state index >= 15 is 0 Å². The van der Waals surface area contributed by atoms with Crippen LogP contribution in [0.25, 0.3) is 11.1 Å². The van der Waals surface area contributed by atoms with Crippen LogP contribution in [0.4, 0.5) is 30.8 Å². The van der Waals surface area contributed by atoms with Gasteiger partial charge in [-0.3, -0.25) is 4.79 Å². The van der Waals surface area contributed by atoms with Gasteiger partial charge in [0, 0.05) is 42.9 Å². The quantitative estimate of drug-likeness (QED) is 0.583. The molecule has 172 valence electrons. The second-order valence-electron chi connectivity index (χ2n) is 7.85. The van der Waals surface area contributed by atoms with Gasteiger partial charge in [-0.2, -0.15) is 13.2 Å². The van der Waals surface area contributed by atoms with Crippen LogP contribution < -0.4 is 10.2 Å². The molecule has 0 unspecified atom stereocenters. The number of aryl methyl sites for hydroxylation is 1. The SMILES string of the molecule is Cc1cc(Nc2nccc(C(F)(F)F)n2)cc(-c2cnc(N3CCC(C(=O)O)CC3)nc2)c1. The highest BCUT2D eigenvalue weighted by Gasteiger charge is 2.32. The summed E-state index contributed by atoms with van der Waals surface area (Å²) >= 11 is 0. The number of carbonyl (C=O) groups is 1. The van der Waals surface area contributed by atoms with Gasteiger partial charge in [0.25, 0.3) is 0 Å². The predicted octanol–water partition coefficient (Wildman–Crippen LogP) is 4.31. The standard InChI is InChI=1S/C22H21F3N6O2/c1-13-8-15(10-17(9-13)29-20-26-5-2-18(30-20)22(23,24)25)16-11-27-21(28-12-16)31-6-3-14(4-7-31)19(32)33/h2,5,8-12,14H,3-4,6-7H2,1H3,(H,32,33)(H,26,29,30). The molecule has 3 heterocycles. The maximum absolute atomic E-state index is 12.9. The molecule has 0 aliphatic carbocycles. The fourth-order valence-corrected chi connectivity index (χ4v) is 3.69. The van der Waals surface area contributed by atoms with Crippen LogP contribution >= 0.6 is 0 Å². The zero-order valence-electron chi connectivity index (χ0n) is 17.7. The Labute approximate surface area is 187 Å². The molecular formula is C22H21F3N6O2. The monoisotopic (exact) mass is 458 g/mol. The van der Waals surface area contributed by atoms with Crippen LogP contribution in [-0.4, -0.2) is 44.1 Å². The molecule has 8 nitrogen and oxygen atoms in total. The van der Waals surface area contributed by atoms with E-state index in [4.69, 9.17) is 5.11 Å². The summed E-state index contributed by atoms with van der Waals surface area (Å²) in [4.78, 5) is 29.3. The normalized spacial score (nSPS) is 14.8. The summed E-state index contributed by atoms with van der Waals surface area (Å²) in [5.74, 6) is -0.728. The number of nitrogens with zero attached hydrogens (tertiary/aromatic N) is 5. The van der Waals surface area contributed by atoms with Crippen molar-refractivity contribution in [3.05, 3.63) is 54.1 Å². The van der Waals surface area contributed by atoms with Crippen LogP contribution in [-0.2, 0) is 11.0 Å². The number of carboxylic acid groups (broad SMARTS) is 1. The summed E-state index contributed by atoms with van der Waals surface area (Å²) in [6.07, 6.45) is 0.936. The highest BCUT2D eigenvalue weighted by atomic mass is 19.4. The lowest BCUT2D eigenvalue weighted by Gasteiger charge is -2.30. The number of carboxylic acids is 1. The van der Waals surface area contributed by atoms with Crippen LogP contribution in [0.2, 0.25) is 0 Å². The zero-order valence-corrected chi connectivity index (χ0v) is 17.7. The molecule has 11 heteroatoms. The number of hydrogen-bond acceptors (Lipinski definition) is 7. The van der Waals surface area contributed by atoms with E-state index in [1.165, 1.54) is 0 Å². The van der Waals surface area contributed by atoms with Gasteiger partial charge >= 0.3 is 12.1 Å². The van der Waals surface area contributed by atoms with Crippen molar-refractivity contribution in [2.24, 2.45) is 5.92 Å². The Bertz CT molecular complexity index is 1150. The van der Waals surface area contributed by atoms with Crippen molar-refractivity contribution >= 4 is 23.6 Å². The van der Waals surface area contributed by atoms with E-state index in [2.05, 4.69) is 25.3 Å². The molecule has 3 aromatic rings. The lowest BCUT2D eigenvalue weighted by atomic mass is 9.97. The summed E-state index contributed by atoms with van der Waals surface area (Å²) in [5, 5.41) is 12.0. The molecule has 1 aliphatic heterocycles. The largest absolute Gasteiger partial charge is 0.481 e. The maximum Gasteiger partial charge on any atom is 0.433 e. The molecule has 0 amide bonds. The minimum atomic E-state index is -4.56. The highest BCUT2D eigenvalue weighted by molar-refractivity contribution is 5.71. The molecular weight excluding hydrogens is 437 g/mol. The second-order valence-corrected chi connectivity index (χ2v) is 7.85. The van der Waals surface area contributed by atoms with E-state index in [1.54, 1.807) is 24.5 Å². The molecule has 4 rings (SSSR count). The Balaban J connectivity index is 1.51. The van der Waals surface area contributed by atoms with Gasteiger partial charge in [0.1, 0.15) is 5.69 Å². The molecule has 2 N–H and O–H groups in total. The zero-order chi connectivity index (χ0) is 23.6. The summed E-state index contributed by atoms with van der Waals surface area (Å²) < 4.78 is 38.7. The molecule has 0 saturated carbocycles. The number of piperidine rings is 1. The molecule has 0 bridgehead atoms. The smallest absolute Gasteiger partial charge is 0.433 e. The summed E-state index contributed by atoms with van der Waals surface area (Å²) in [6.45, 7) is 3.02. The summed E-state index contributed by atoms with van der Waals surface area (Å²) in [6, 6.07) is 6.26. The molecule has 1 fully saturated rings. The van der Waals surface area contributed by atoms with Gasteiger partial charge in [-0.15, -0.1) is 0 Å². The van der Waals surface area contributed by atoms with Crippen molar-refractivity contribution in [2.45, 2.75) is 25.9 Å². The van der Waals surface area contributed by atoms with Crippen molar-refractivity contribution < 1.29 is 23.1 Å². The highest BCUT2D eigenvalue weighted by Crippen LogP contribution is 2.29. The van der Waals surface area contributed by atoms with E-state index in [1.807, 2.05) is 17.9 Å². The molecule has 1 aromatic carbocycles. The van der Waals surface area contributed by atoms with Crippen molar-refractivity contribution in [3.63, 3.8) is 0 Å². The third-order valence-corrected chi connectivity index (χ3v) is 5.38. The number of halogens is 3. The van der Waals surface area contributed by atoms with Crippen molar-refractivity contribution in [1.29, 1.82) is 0 Å². The number of nitrogens with one attached hydrogen (secondary N) is 1. The molecule has 2 aromatic heterocycles. The molecule has 0 radical (unpaired) electrons. The van der Waals surface area contributed by atoms with Gasteiger partial charge in [-0.25, -0.2) is 19.9 Å². The third-order valence-electron chi connectivity index (χ3n) is 5.38. The van der Waals surface area contributed by atoms with Crippen LogP contribution in [0.3, 0.4) is 0 Å². The third kappa shape index (κ3) is 5.36. The fraction of sp³-hybridized carbons (Fsp3) is 0.318. The van der Waals surface area contributed by atoms with E-state index in [-0.39, 0.29) is 11.9 Å². The number of aliphatic carboxylic acids is 1.